The summed E-state index contributed by atoms with van der Waals surface area (Å²) in [6.07, 6.45) is 1.66. The Balaban J connectivity index is 2.93. The zero-order chi connectivity index (χ0) is 8.97. The highest BCUT2D eigenvalue weighted by molar-refractivity contribution is 5.61. The summed E-state index contributed by atoms with van der Waals surface area (Å²) in [5.74, 6) is 0. The Morgan fingerprint density at radius 1 is 1.33 bits per heavy atom. The molecule has 1 radical (unpaired) electrons. The maximum atomic E-state index is 10.1. The van der Waals surface area contributed by atoms with Crippen LogP contribution >= 0.6 is 0 Å². The Hall–Kier alpha value is -1.66. The third-order valence-electron chi connectivity index (χ3n) is 1.53. The third-order valence-corrected chi connectivity index (χ3v) is 1.53. The molecule has 0 bridgehead atoms. The largest absolute Gasteiger partial charge is 0.317 e. The normalized spacial score (nSPS) is 11.7. The van der Waals surface area contributed by atoms with Crippen molar-refractivity contribution >= 4 is 6.29 Å². The minimum absolute atomic E-state index is 0.553. The van der Waals surface area contributed by atoms with Gasteiger partial charge in [0.05, 0.1) is 17.7 Å². The standard InChI is InChI=1S/C9H7N2O/c10-5-7-1-3-8(4-2-7)9(11)6-12/h1-4,9H,11H2. The van der Waals surface area contributed by atoms with Crippen molar-refractivity contribution in [3.8, 4) is 6.07 Å². The second-order valence-electron chi connectivity index (χ2n) is 2.33. The second-order valence-corrected chi connectivity index (χ2v) is 2.33. The minimum atomic E-state index is -0.710. The first kappa shape index (κ1) is 8.44. The molecule has 0 heterocycles. The highest BCUT2D eigenvalue weighted by atomic mass is 16.1. The van der Waals surface area contributed by atoms with Crippen molar-refractivity contribution in [2.45, 2.75) is 6.04 Å². The Kier molecular flexibility index (Phi) is 2.57. The average molecular weight is 159 g/mol. The summed E-state index contributed by atoms with van der Waals surface area (Å²) in [4.78, 5) is 10.1. The van der Waals surface area contributed by atoms with E-state index in [9.17, 15) is 4.79 Å². The van der Waals surface area contributed by atoms with E-state index in [1.807, 2.05) is 6.07 Å². The predicted octanol–water partition coefficient (Wildman–Crippen LogP) is 0.668. The molecule has 3 nitrogen and oxygen atoms in total. The summed E-state index contributed by atoms with van der Waals surface area (Å²) in [6, 6.07) is 7.79. The molecule has 0 aliphatic carbocycles. The maximum absolute atomic E-state index is 10.1. The number of benzene rings is 1. The fourth-order valence-electron chi connectivity index (χ4n) is 0.833. The Bertz CT molecular complexity index is 310. The smallest absolute Gasteiger partial charge is 0.221 e. The van der Waals surface area contributed by atoms with Crippen molar-refractivity contribution in [3.63, 3.8) is 0 Å². The lowest BCUT2D eigenvalue weighted by Crippen LogP contribution is -2.10. The van der Waals surface area contributed by atoms with Gasteiger partial charge < -0.3 is 5.73 Å². The van der Waals surface area contributed by atoms with Gasteiger partial charge in [0.25, 0.3) is 0 Å². The molecular formula is C9H7N2O. The SMILES string of the molecule is N#Cc1ccc(C(N)[C]=O)cc1. The van der Waals surface area contributed by atoms with Crippen LogP contribution in [0.1, 0.15) is 17.2 Å². The molecule has 1 aromatic rings. The van der Waals surface area contributed by atoms with Crippen LogP contribution in [0.5, 0.6) is 0 Å². The summed E-state index contributed by atoms with van der Waals surface area (Å²) >= 11 is 0. The fourth-order valence-corrected chi connectivity index (χ4v) is 0.833. The number of rotatable bonds is 2. The minimum Gasteiger partial charge on any atom is -0.317 e. The monoisotopic (exact) mass is 159 g/mol. The van der Waals surface area contributed by atoms with Crippen molar-refractivity contribution in [2.24, 2.45) is 5.73 Å². The summed E-state index contributed by atoms with van der Waals surface area (Å²) in [5, 5.41) is 8.47. The van der Waals surface area contributed by atoms with Gasteiger partial charge >= 0.3 is 0 Å². The molecule has 1 unspecified atom stereocenters. The van der Waals surface area contributed by atoms with Gasteiger partial charge in [0.1, 0.15) is 0 Å². The van der Waals surface area contributed by atoms with Gasteiger partial charge in [-0.05, 0) is 17.7 Å². The van der Waals surface area contributed by atoms with Crippen molar-refractivity contribution in [2.75, 3.05) is 0 Å². The molecule has 0 saturated carbocycles. The molecule has 1 aromatic carbocycles. The summed E-state index contributed by atoms with van der Waals surface area (Å²) in [5.41, 5.74) is 6.60. The molecule has 0 aromatic heterocycles. The number of hydrogen-bond donors (Lipinski definition) is 1. The van der Waals surface area contributed by atoms with Crippen LogP contribution in [0.2, 0.25) is 0 Å². The summed E-state index contributed by atoms with van der Waals surface area (Å²) in [7, 11) is 0. The molecule has 0 aliphatic rings. The lowest BCUT2D eigenvalue weighted by Gasteiger charge is -2.01. The summed E-state index contributed by atoms with van der Waals surface area (Å²) in [6.45, 7) is 0. The fraction of sp³-hybridized carbons (Fsp3) is 0.111. The first-order valence-electron chi connectivity index (χ1n) is 3.41. The van der Waals surface area contributed by atoms with Gasteiger partial charge in [-0.1, -0.05) is 12.1 Å². The quantitative estimate of drug-likeness (QED) is 0.689. The van der Waals surface area contributed by atoms with Gasteiger partial charge in [0.15, 0.2) is 0 Å². The highest BCUT2D eigenvalue weighted by Crippen LogP contribution is 2.08. The van der Waals surface area contributed by atoms with Crippen molar-refractivity contribution < 1.29 is 4.79 Å². The number of nitrogens with two attached hydrogens (primary N) is 1. The molecule has 59 valence electrons. The van der Waals surface area contributed by atoms with Crippen LogP contribution in [0.3, 0.4) is 0 Å². The van der Waals surface area contributed by atoms with E-state index in [0.29, 0.717) is 11.1 Å². The molecule has 2 N–H and O–H groups in total. The second kappa shape index (κ2) is 3.65. The van der Waals surface area contributed by atoms with Crippen LogP contribution in [0, 0.1) is 11.3 Å². The first-order valence-corrected chi connectivity index (χ1v) is 3.41. The molecule has 0 saturated heterocycles. The van der Waals surface area contributed by atoms with Gasteiger partial charge in [-0.2, -0.15) is 5.26 Å². The van der Waals surface area contributed by atoms with E-state index in [1.165, 1.54) is 0 Å². The van der Waals surface area contributed by atoms with Crippen LogP contribution < -0.4 is 5.73 Å². The van der Waals surface area contributed by atoms with E-state index < -0.39 is 6.04 Å². The zero-order valence-electron chi connectivity index (χ0n) is 6.32. The van der Waals surface area contributed by atoms with E-state index in [0.717, 1.165) is 0 Å². The lowest BCUT2D eigenvalue weighted by molar-refractivity contribution is 0.544. The average Bonchev–Trinajstić information content (AvgIpc) is 2.17. The highest BCUT2D eigenvalue weighted by Gasteiger charge is 2.03. The Labute approximate surface area is 70.4 Å². The van der Waals surface area contributed by atoms with Crippen LogP contribution in [0.25, 0.3) is 0 Å². The van der Waals surface area contributed by atoms with Crippen molar-refractivity contribution in [3.05, 3.63) is 35.4 Å². The molecule has 12 heavy (non-hydrogen) atoms. The van der Waals surface area contributed by atoms with Crippen molar-refractivity contribution in [1.29, 1.82) is 5.26 Å². The van der Waals surface area contributed by atoms with Gasteiger partial charge in [-0.3, -0.25) is 4.79 Å². The van der Waals surface area contributed by atoms with Crippen LogP contribution in [0.4, 0.5) is 0 Å². The van der Waals surface area contributed by atoms with Gasteiger partial charge in [-0.25, -0.2) is 0 Å². The van der Waals surface area contributed by atoms with Crippen LogP contribution in [0.15, 0.2) is 24.3 Å². The van der Waals surface area contributed by atoms with E-state index in [1.54, 1.807) is 30.6 Å². The first-order chi connectivity index (χ1) is 5.77. The van der Waals surface area contributed by atoms with E-state index >= 15 is 0 Å². The van der Waals surface area contributed by atoms with Gasteiger partial charge in [0.2, 0.25) is 6.29 Å². The molecule has 1 rings (SSSR count). The zero-order valence-corrected chi connectivity index (χ0v) is 6.32. The molecule has 0 fully saturated rings. The molecule has 0 spiro atoms. The van der Waals surface area contributed by atoms with E-state index in [4.69, 9.17) is 11.0 Å². The van der Waals surface area contributed by atoms with Gasteiger partial charge in [0, 0.05) is 0 Å². The summed E-state index contributed by atoms with van der Waals surface area (Å²) < 4.78 is 0. The Morgan fingerprint density at radius 2 is 1.92 bits per heavy atom. The van der Waals surface area contributed by atoms with Crippen molar-refractivity contribution in [1.82, 2.24) is 0 Å². The number of nitriles is 1. The molecular weight excluding hydrogens is 152 g/mol. The predicted molar refractivity (Wildman–Crippen MR) is 43.8 cm³/mol. The van der Waals surface area contributed by atoms with E-state index in [2.05, 4.69) is 0 Å². The van der Waals surface area contributed by atoms with Gasteiger partial charge in [-0.15, -0.1) is 0 Å². The maximum Gasteiger partial charge on any atom is 0.221 e. The molecule has 3 heteroatoms. The topological polar surface area (TPSA) is 66.9 Å². The number of nitrogens with zero attached hydrogens (tertiary/aromatic N) is 1. The molecule has 1 atom stereocenters. The number of carbonyl (C=O) groups excluding carboxylic acids is 1. The molecule has 0 amide bonds. The van der Waals surface area contributed by atoms with Crippen LogP contribution in [-0.2, 0) is 4.79 Å². The Morgan fingerprint density at radius 3 is 2.33 bits per heavy atom. The molecule has 0 aliphatic heterocycles. The number of hydrogen-bond acceptors (Lipinski definition) is 3. The van der Waals surface area contributed by atoms with Crippen LogP contribution in [-0.4, -0.2) is 6.29 Å². The van der Waals surface area contributed by atoms with E-state index in [-0.39, 0.29) is 0 Å². The lowest BCUT2D eigenvalue weighted by atomic mass is 10.1. The third kappa shape index (κ3) is 1.68.